The van der Waals surface area contributed by atoms with Crippen molar-refractivity contribution in [3.63, 3.8) is 0 Å². The highest BCUT2D eigenvalue weighted by Crippen LogP contribution is 2.42. The van der Waals surface area contributed by atoms with Crippen molar-refractivity contribution in [1.82, 2.24) is 0 Å². The smallest absolute Gasteiger partial charge is 0.166 e. The third-order valence-corrected chi connectivity index (χ3v) is 3.10. The highest BCUT2D eigenvalue weighted by Gasteiger charge is 2.51. The lowest BCUT2D eigenvalue weighted by Gasteiger charge is -2.47. The van der Waals surface area contributed by atoms with Crippen LogP contribution >= 0.6 is 0 Å². The highest BCUT2D eigenvalue weighted by molar-refractivity contribution is 5.89. The van der Waals surface area contributed by atoms with E-state index in [4.69, 9.17) is 5.73 Å². The molecule has 3 saturated carbocycles. The third kappa shape index (κ3) is 0.914. The maximum atomic E-state index is 11.3. The monoisotopic (exact) mass is 155 g/mol. The summed E-state index contributed by atoms with van der Waals surface area (Å²) in [4.78, 5) is 11.3. The molecule has 0 amide bonds. The van der Waals surface area contributed by atoms with E-state index in [0.29, 0.717) is 19.3 Å². The molecule has 3 N–H and O–H groups in total. The summed E-state index contributed by atoms with van der Waals surface area (Å²) in [6.07, 6.45) is 3.12. The zero-order valence-corrected chi connectivity index (χ0v) is 6.47. The fraction of sp³-hybridized carbons (Fsp3) is 0.875. The van der Waals surface area contributed by atoms with Crippen LogP contribution in [0, 0.1) is 0 Å². The van der Waals surface area contributed by atoms with Gasteiger partial charge in [-0.15, -0.1) is 0 Å². The molecule has 3 fully saturated rings. The van der Waals surface area contributed by atoms with Gasteiger partial charge in [0.15, 0.2) is 5.78 Å². The normalized spacial score (nSPS) is 49.8. The van der Waals surface area contributed by atoms with Crippen molar-refractivity contribution < 1.29 is 9.90 Å². The van der Waals surface area contributed by atoms with Crippen molar-refractivity contribution in [2.75, 3.05) is 0 Å². The summed E-state index contributed by atoms with van der Waals surface area (Å²) >= 11 is 0. The van der Waals surface area contributed by atoms with Crippen LogP contribution in [-0.2, 0) is 4.79 Å². The maximum Gasteiger partial charge on any atom is 0.166 e. The van der Waals surface area contributed by atoms with Crippen molar-refractivity contribution in [3.05, 3.63) is 0 Å². The van der Waals surface area contributed by atoms with Crippen LogP contribution < -0.4 is 5.73 Å². The average molecular weight is 155 g/mol. The number of aliphatic hydroxyl groups is 1. The average Bonchev–Trinajstić information content (AvgIpc) is 1.94. The van der Waals surface area contributed by atoms with Crippen LogP contribution in [0.1, 0.15) is 32.1 Å². The molecule has 0 aromatic rings. The van der Waals surface area contributed by atoms with Gasteiger partial charge in [0, 0.05) is 12.0 Å². The quantitative estimate of drug-likeness (QED) is 0.516. The number of carbonyl (C=O) groups is 1. The second-order valence-electron chi connectivity index (χ2n) is 3.99. The van der Waals surface area contributed by atoms with Gasteiger partial charge < -0.3 is 10.8 Å². The largest absolute Gasteiger partial charge is 0.382 e. The second kappa shape index (κ2) is 1.84. The lowest BCUT2D eigenvalue weighted by atomic mass is 9.63. The molecule has 0 aliphatic heterocycles. The van der Waals surface area contributed by atoms with E-state index in [0.717, 1.165) is 12.8 Å². The molecule has 62 valence electrons. The molecule has 0 saturated heterocycles. The molecule has 3 aliphatic rings. The summed E-state index contributed by atoms with van der Waals surface area (Å²) in [6.45, 7) is 0. The molecule has 2 bridgehead atoms. The van der Waals surface area contributed by atoms with Crippen molar-refractivity contribution in [3.8, 4) is 0 Å². The number of hydrogen-bond donors (Lipinski definition) is 2. The first-order chi connectivity index (χ1) is 5.04. The molecule has 3 nitrogen and oxygen atoms in total. The van der Waals surface area contributed by atoms with Crippen molar-refractivity contribution in [2.24, 2.45) is 5.73 Å². The summed E-state index contributed by atoms with van der Waals surface area (Å²) < 4.78 is 0. The van der Waals surface area contributed by atoms with Gasteiger partial charge in [0.25, 0.3) is 0 Å². The zero-order chi connectivity index (χ0) is 8.11. The van der Waals surface area contributed by atoms with E-state index < -0.39 is 5.60 Å². The van der Waals surface area contributed by atoms with Gasteiger partial charge in [0.1, 0.15) is 5.60 Å². The first-order valence-corrected chi connectivity index (χ1v) is 4.09. The molecule has 3 heteroatoms. The van der Waals surface area contributed by atoms with E-state index in [2.05, 4.69) is 0 Å². The van der Waals surface area contributed by atoms with Gasteiger partial charge in [0.05, 0.1) is 0 Å². The van der Waals surface area contributed by atoms with Crippen LogP contribution in [0.2, 0.25) is 0 Å². The highest BCUT2D eigenvalue weighted by atomic mass is 16.3. The van der Waals surface area contributed by atoms with Gasteiger partial charge in [-0.05, 0) is 25.7 Å². The predicted octanol–water partition coefficient (Wildman–Crippen LogP) is -0.0382. The number of nitrogens with two attached hydrogens (primary N) is 1. The second-order valence-corrected chi connectivity index (χ2v) is 3.99. The SMILES string of the molecule is NC12CCC(O)(CC1)C(=O)C2. The van der Waals surface area contributed by atoms with Crippen LogP contribution in [0.4, 0.5) is 0 Å². The molecule has 3 rings (SSSR count). The molecule has 0 spiro atoms. The molecule has 0 radical (unpaired) electrons. The Balaban J connectivity index is 2.29. The molecule has 0 aromatic heterocycles. The molecular formula is C8H13NO2. The number of Topliss-reactive ketones (excluding diaryl/α,β-unsaturated/α-hetero) is 1. The molecule has 3 aliphatic carbocycles. The summed E-state index contributed by atoms with van der Waals surface area (Å²) in [5, 5.41) is 9.70. The fourth-order valence-electron chi connectivity index (χ4n) is 2.10. The Bertz CT molecular complexity index is 204. The molecule has 0 aromatic carbocycles. The number of fused-ring (bicyclic) bond motifs is 3. The molecule has 11 heavy (non-hydrogen) atoms. The Morgan fingerprint density at radius 3 is 2.18 bits per heavy atom. The Morgan fingerprint density at radius 1 is 1.27 bits per heavy atom. The van der Waals surface area contributed by atoms with Gasteiger partial charge in [-0.25, -0.2) is 0 Å². The lowest BCUT2D eigenvalue weighted by Crippen LogP contribution is -2.60. The summed E-state index contributed by atoms with van der Waals surface area (Å²) in [7, 11) is 0. The van der Waals surface area contributed by atoms with Crippen LogP contribution in [0.3, 0.4) is 0 Å². The van der Waals surface area contributed by atoms with Gasteiger partial charge in [0.2, 0.25) is 0 Å². The topological polar surface area (TPSA) is 63.3 Å². The number of carbonyl (C=O) groups excluding carboxylic acids is 1. The standard InChI is InChI=1S/C8H13NO2/c9-7-1-3-8(11,4-2-7)6(10)5-7/h11H,1-5,9H2. The minimum atomic E-state index is -0.999. The first kappa shape index (κ1) is 7.25. The van der Waals surface area contributed by atoms with Gasteiger partial charge in [-0.2, -0.15) is 0 Å². The van der Waals surface area contributed by atoms with Gasteiger partial charge in [-0.3, -0.25) is 4.79 Å². The van der Waals surface area contributed by atoms with Gasteiger partial charge >= 0.3 is 0 Å². The summed E-state index contributed by atoms with van der Waals surface area (Å²) in [6, 6.07) is 0. The van der Waals surface area contributed by atoms with E-state index >= 15 is 0 Å². The Hall–Kier alpha value is -0.410. The van der Waals surface area contributed by atoms with Crippen molar-refractivity contribution in [1.29, 1.82) is 0 Å². The van der Waals surface area contributed by atoms with E-state index in [1.165, 1.54) is 0 Å². The van der Waals surface area contributed by atoms with Crippen LogP contribution in [0.15, 0.2) is 0 Å². The Morgan fingerprint density at radius 2 is 1.82 bits per heavy atom. The minimum Gasteiger partial charge on any atom is -0.382 e. The summed E-state index contributed by atoms with van der Waals surface area (Å²) in [5.74, 6) is -0.0440. The van der Waals surface area contributed by atoms with Crippen LogP contribution in [-0.4, -0.2) is 22.0 Å². The molecule has 0 heterocycles. The lowest BCUT2D eigenvalue weighted by molar-refractivity contribution is -0.151. The summed E-state index contributed by atoms with van der Waals surface area (Å²) in [5.41, 5.74) is 4.64. The van der Waals surface area contributed by atoms with E-state index in [1.807, 2.05) is 0 Å². The number of ketones is 1. The van der Waals surface area contributed by atoms with Crippen molar-refractivity contribution >= 4 is 5.78 Å². The van der Waals surface area contributed by atoms with E-state index in [1.54, 1.807) is 0 Å². The molecule has 0 unspecified atom stereocenters. The van der Waals surface area contributed by atoms with E-state index in [-0.39, 0.29) is 11.3 Å². The molecule has 0 atom stereocenters. The van der Waals surface area contributed by atoms with Crippen molar-refractivity contribution in [2.45, 2.75) is 43.2 Å². The van der Waals surface area contributed by atoms with Crippen LogP contribution in [0.5, 0.6) is 0 Å². The number of rotatable bonds is 0. The maximum absolute atomic E-state index is 11.3. The molecular weight excluding hydrogens is 142 g/mol. The van der Waals surface area contributed by atoms with E-state index in [9.17, 15) is 9.90 Å². The van der Waals surface area contributed by atoms with Crippen LogP contribution in [0.25, 0.3) is 0 Å². The Labute approximate surface area is 65.6 Å². The number of hydrogen-bond acceptors (Lipinski definition) is 3. The van der Waals surface area contributed by atoms with Gasteiger partial charge in [-0.1, -0.05) is 0 Å². The minimum absolute atomic E-state index is 0.0440. The zero-order valence-electron chi connectivity index (χ0n) is 6.47. The first-order valence-electron chi connectivity index (χ1n) is 4.09. The third-order valence-electron chi connectivity index (χ3n) is 3.10. The fourth-order valence-corrected chi connectivity index (χ4v) is 2.10. The Kier molecular flexibility index (Phi) is 1.22. The predicted molar refractivity (Wildman–Crippen MR) is 40.0 cm³/mol.